The van der Waals surface area contributed by atoms with E-state index in [1.807, 2.05) is 0 Å². The highest BCUT2D eigenvalue weighted by atomic mass is 79.9. The molecule has 1 aromatic rings. The lowest BCUT2D eigenvalue weighted by atomic mass is 10.1. The van der Waals surface area contributed by atoms with Crippen LogP contribution in [0.15, 0.2) is 29.2 Å². The molecular weight excluding hydrogens is 330 g/mol. The molecule has 0 radical (unpaired) electrons. The smallest absolute Gasteiger partial charge is 0.240 e. The molecule has 1 aromatic carbocycles. The number of hydrogen-bond donors (Lipinski definition) is 1. The standard InChI is InChI=1S/C13H18BrNO3S/c1-18-12-4-6-13(7-5-12)19(16,17)15-9-10-2-3-11(14)8-10/h4-7,10-11,15H,2-3,8-9H2,1H3. The molecule has 1 fully saturated rings. The second kappa shape index (κ2) is 6.24. The largest absolute Gasteiger partial charge is 0.497 e. The fraction of sp³-hybridized carbons (Fsp3) is 0.538. The summed E-state index contributed by atoms with van der Waals surface area (Å²) >= 11 is 3.57. The maximum absolute atomic E-state index is 12.1. The van der Waals surface area contributed by atoms with Crippen LogP contribution in [-0.4, -0.2) is 26.9 Å². The predicted octanol–water partition coefficient (Wildman–Crippen LogP) is 2.54. The number of rotatable bonds is 5. The summed E-state index contributed by atoms with van der Waals surface area (Å²) in [7, 11) is -1.86. The molecule has 1 aliphatic rings. The van der Waals surface area contributed by atoms with Gasteiger partial charge in [-0.25, -0.2) is 13.1 Å². The Balaban J connectivity index is 1.97. The fourth-order valence-electron chi connectivity index (χ4n) is 2.27. The number of methoxy groups -OCH3 is 1. The zero-order valence-electron chi connectivity index (χ0n) is 10.8. The third-order valence-electron chi connectivity index (χ3n) is 3.41. The zero-order valence-corrected chi connectivity index (χ0v) is 13.2. The molecule has 0 spiro atoms. The highest BCUT2D eigenvalue weighted by Crippen LogP contribution is 2.30. The minimum Gasteiger partial charge on any atom is -0.497 e. The Morgan fingerprint density at radius 1 is 1.32 bits per heavy atom. The summed E-state index contributed by atoms with van der Waals surface area (Å²) in [4.78, 5) is 0.810. The maximum atomic E-state index is 12.1. The third-order valence-corrected chi connectivity index (χ3v) is 5.68. The van der Waals surface area contributed by atoms with Crippen molar-refractivity contribution in [2.75, 3.05) is 13.7 Å². The molecule has 19 heavy (non-hydrogen) atoms. The van der Waals surface area contributed by atoms with Gasteiger partial charge >= 0.3 is 0 Å². The number of nitrogens with one attached hydrogen (secondary N) is 1. The van der Waals surface area contributed by atoms with Crippen molar-refractivity contribution in [3.05, 3.63) is 24.3 Å². The molecule has 1 aliphatic carbocycles. The van der Waals surface area contributed by atoms with Gasteiger partial charge in [0.15, 0.2) is 0 Å². The van der Waals surface area contributed by atoms with Crippen LogP contribution in [0.3, 0.4) is 0 Å². The van der Waals surface area contributed by atoms with E-state index < -0.39 is 10.0 Å². The van der Waals surface area contributed by atoms with E-state index in [4.69, 9.17) is 4.74 Å². The molecule has 0 saturated heterocycles. The van der Waals surface area contributed by atoms with E-state index >= 15 is 0 Å². The van der Waals surface area contributed by atoms with Crippen LogP contribution < -0.4 is 9.46 Å². The summed E-state index contributed by atoms with van der Waals surface area (Å²) in [5, 5.41) is 0. The van der Waals surface area contributed by atoms with E-state index in [1.54, 1.807) is 31.4 Å². The molecule has 2 rings (SSSR count). The number of benzene rings is 1. The first kappa shape index (κ1) is 14.8. The van der Waals surface area contributed by atoms with Gasteiger partial charge in [0.05, 0.1) is 12.0 Å². The summed E-state index contributed by atoms with van der Waals surface area (Å²) in [5.41, 5.74) is 0. The molecule has 6 heteroatoms. The molecular formula is C13H18BrNO3S. The van der Waals surface area contributed by atoms with Gasteiger partial charge in [-0.2, -0.15) is 0 Å². The van der Waals surface area contributed by atoms with Crippen LogP contribution in [0.2, 0.25) is 0 Å². The zero-order chi connectivity index (χ0) is 13.9. The summed E-state index contributed by atoms with van der Waals surface area (Å²) < 4.78 is 31.9. The first-order chi connectivity index (χ1) is 9.01. The quantitative estimate of drug-likeness (QED) is 0.832. The Labute approximate surface area is 122 Å². The Hall–Kier alpha value is -0.590. The lowest BCUT2D eigenvalue weighted by Gasteiger charge is -2.11. The molecule has 1 N–H and O–H groups in total. The van der Waals surface area contributed by atoms with Crippen molar-refractivity contribution in [1.29, 1.82) is 0 Å². The Morgan fingerprint density at radius 3 is 2.53 bits per heavy atom. The van der Waals surface area contributed by atoms with Crippen LogP contribution in [0.5, 0.6) is 5.75 Å². The summed E-state index contributed by atoms with van der Waals surface area (Å²) in [6.45, 7) is 0.510. The summed E-state index contributed by atoms with van der Waals surface area (Å²) in [6.07, 6.45) is 3.22. The Kier molecular flexibility index (Phi) is 4.86. The topological polar surface area (TPSA) is 55.4 Å². The van der Waals surface area contributed by atoms with E-state index in [0.717, 1.165) is 19.3 Å². The molecule has 106 valence electrons. The molecule has 2 atom stereocenters. The highest BCUT2D eigenvalue weighted by molar-refractivity contribution is 9.09. The van der Waals surface area contributed by atoms with Crippen molar-refractivity contribution < 1.29 is 13.2 Å². The molecule has 0 heterocycles. The number of sulfonamides is 1. The number of alkyl halides is 1. The van der Waals surface area contributed by atoms with E-state index in [2.05, 4.69) is 20.7 Å². The summed E-state index contributed by atoms with van der Waals surface area (Å²) in [5.74, 6) is 1.08. The number of halogens is 1. The van der Waals surface area contributed by atoms with Crippen LogP contribution in [0, 0.1) is 5.92 Å². The number of hydrogen-bond acceptors (Lipinski definition) is 3. The van der Waals surface area contributed by atoms with Crippen LogP contribution in [0.1, 0.15) is 19.3 Å². The minimum absolute atomic E-state index is 0.279. The molecule has 0 amide bonds. The van der Waals surface area contributed by atoms with Crippen LogP contribution in [0.4, 0.5) is 0 Å². The second-order valence-electron chi connectivity index (χ2n) is 4.80. The molecule has 0 bridgehead atoms. The van der Waals surface area contributed by atoms with E-state index in [1.165, 1.54) is 0 Å². The van der Waals surface area contributed by atoms with Gasteiger partial charge in [-0.1, -0.05) is 15.9 Å². The minimum atomic E-state index is -3.41. The Bertz CT molecular complexity index is 515. The SMILES string of the molecule is COc1ccc(S(=O)(=O)NCC2CCC(Br)C2)cc1. The van der Waals surface area contributed by atoms with Crippen molar-refractivity contribution in [2.45, 2.75) is 29.0 Å². The normalized spacial score (nSPS) is 23.5. The van der Waals surface area contributed by atoms with Gasteiger partial charge in [-0.05, 0) is 49.4 Å². The highest BCUT2D eigenvalue weighted by Gasteiger charge is 2.24. The molecule has 1 saturated carbocycles. The average Bonchev–Trinajstić information content (AvgIpc) is 2.82. The predicted molar refractivity (Wildman–Crippen MR) is 78.2 cm³/mol. The van der Waals surface area contributed by atoms with Gasteiger partial charge in [0.1, 0.15) is 5.75 Å². The first-order valence-electron chi connectivity index (χ1n) is 6.29. The first-order valence-corrected chi connectivity index (χ1v) is 8.69. The summed E-state index contributed by atoms with van der Waals surface area (Å²) in [6, 6.07) is 6.42. The van der Waals surface area contributed by atoms with Crippen molar-refractivity contribution in [3.8, 4) is 5.75 Å². The lowest BCUT2D eigenvalue weighted by Crippen LogP contribution is -2.28. The maximum Gasteiger partial charge on any atom is 0.240 e. The molecule has 2 unspecified atom stereocenters. The third kappa shape index (κ3) is 3.94. The van der Waals surface area contributed by atoms with Crippen molar-refractivity contribution in [2.24, 2.45) is 5.92 Å². The van der Waals surface area contributed by atoms with Gasteiger partial charge in [0, 0.05) is 11.4 Å². The van der Waals surface area contributed by atoms with Crippen molar-refractivity contribution >= 4 is 26.0 Å². The fourth-order valence-corrected chi connectivity index (χ4v) is 4.17. The van der Waals surface area contributed by atoms with Gasteiger partial charge < -0.3 is 4.74 Å². The van der Waals surface area contributed by atoms with Crippen LogP contribution in [0.25, 0.3) is 0 Å². The van der Waals surface area contributed by atoms with Crippen molar-refractivity contribution in [3.63, 3.8) is 0 Å². The van der Waals surface area contributed by atoms with E-state index in [-0.39, 0.29) is 4.90 Å². The Morgan fingerprint density at radius 2 is 2.00 bits per heavy atom. The molecule has 0 aromatic heterocycles. The monoisotopic (exact) mass is 347 g/mol. The van der Waals surface area contributed by atoms with Crippen LogP contribution >= 0.6 is 15.9 Å². The molecule has 0 aliphatic heterocycles. The van der Waals surface area contributed by atoms with Gasteiger partial charge in [-0.15, -0.1) is 0 Å². The van der Waals surface area contributed by atoms with E-state index in [0.29, 0.717) is 23.0 Å². The van der Waals surface area contributed by atoms with Gasteiger partial charge in [-0.3, -0.25) is 0 Å². The van der Waals surface area contributed by atoms with Gasteiger partial charge in [0.25, 0.3) is 0 Å². The lowest BCUT2D eigenvalue weighted by molar-refractivity contribution is 0.414. The van der Waals surface area contributed by atoms with Crippen LogP contribution in [-0.2, 0) is 10.0 Å². The van der Waals surface area contributed by atoms with Gasteiger partial charge in [0.2, 0.25) is 10.0 Å². The number of ether oxygens (including phenoxy) is 1. The van der Waals surface area contributed by atoms with Crippen molar-refractivity contribution in [1.82, 2.24) is 4.72 Å². The second-order valence-corrected chi connectivity index (χ2v) is 7.87. The molecule has 4 nitrogen and oxygen atoms in total. The average molecular weight is 348 g/mol. The van der Waals surface area contributed by atoms with E-state index in [9.17, 15) is 8.42 Å².